The minimum Gasteiger partial charge on any atom is -0.493 e. The van der Waals surface area contributed by atoms with Gasteiger partial charge in [-0.1, -0.05) is 24.3 Å². The van der Waals surface area contributed by atoms with Crippen LogP contribution in [0, 0.1) is 6.92 Å². The van der Waals surface area contributed by atoms with Crippen LogP contribution in [-0.2, 0) is 5.75 Å². The molecule has 0 saturated heterocycles. The molecule has 0 spiro atoms. The maximum Gasteiger partial charge on any atom is 0.119 e. The minimum absolute atomic E-state index is 0.739. The summed E-state index contributed by atoms with van der Waals surface area (Å²) in [5, 5.41) is 0. The van der Waals surface area contributed by atoms with E-state index in [1.807, 2.05) is 36.0 Å². The molecule has 0 radical (unpaired) electrons. The van der Waals surface area contributed by atoms with Gasteiger partial charge >= 0.3 is 0 Å². The summed E-state index contributed by atoms with van der Waals surface area (Å²) in [5.41, 5.74) is 9.00. The van der Waals surface area contributed by atoms with Crippen LogP contribution in [0.25, 0.3) is 0 Å². The number of thioether (sulfide) groups is 1. The van der Waals surface area contributed by atoms with Crippen LogP contribution < -0.4 is 10.5 Å². The lowest BCUT2D eigenvalue weighted by molar-refractivity contribution is 0.343. The Bertz CT molecular complexity index is 510. The lowest BCUT2D eigenvalue weighted by Crippen LogP contribution is -2.00. The normalized spacial score (nSPS) is 10.4. The van der Waals surface area contributed by atoms with E-state index in [2.05, 4.69) is 31.2 Å². The van der Waals surface area contributed by atoms with E-state index in [1.165, 1.54) is 11.1 Å². The molecule has 0 aliphatic rings. The maximum atomic E-state index is 5.70. The Balaban J connectivity index is 1.66. The Morgan fingerprint density at radius 1 is 1.11 bits per heavy atom. The SMILES string of the molecule is Cc1cccc(OCCSCc2ccc(N)cc2)c1. The molecule has 2 aromatic carbocycles. The number of aryl methyl sites for hydroxylation is 1. The molecule has 0 atom stereocenters. The molecule has 0 aliphatic carbocycles. The summed E-state index contributed by atoms with van der Waals surface area (Å²) in [6.45, 7) is 2.81. The third-order valence-electron chi connectivity index (χ3n) is 2.73. The van der Waals surface area contributed by atoms with Crippen molar-refractivity contribution in [1.82, 2.24) is 0 Å². The summed E-state index contributed by atoms with van der Waals surface area (Å²) >= 11 is 1.87. The van der Waals surface area contributed by atoms with Crippen LogP contribution in [0.5, 0.6) is 5.75 Å². The van der Waals surface area contributed by atoms with Crippen LogP contribution >= 0.6 is 11.8 Å². The molecule has 0 bridgehead atoms. The first-order valence-electron chi connectivity index (χ1n) is 6.36. The van der Waals surface area contributed by atoms with E-state index in [1.54, 1.807) is 0 Å². The molecule has 0 fully saturated rings. The summed E-state index contributed by atoms with van der Waals surface area (Å²) in [5.74, 6) is 2.93. The Hall–Kier alpha value is -1.61. The van der Waals surface area contributed by atoms with Gasteiger partial charge < -0.3 is 10.5 Å². The smallest absolute Gasteiger partial charge is 0.119 e. The minimum atomic E-state index is 0.739. The highest BCUT2D eigenvalue weighted by molar-refractivity contribution is 7.98. The third-order valence-corrected chi connectivity index (χ3v) is 3.73. The molecule has 19 heavy (non-hydrogen) atoms. The van der Waals surface area contributed by atoms with E-state index < -0.39 is 0 Å². The lowest BCUT2D eigenvalue weighted by atomic mass is 10.2. The zero-order valence-corrected chi connectivity index (χ0v) is 12.0. The molecular formula is C16H19NOS. The lowest BCUT2D eigenvalue weighted by Gasteiger charge is -2.07. The van der Waals surface area contributed by atoms with Gasteiger partial charge in [-0.2, -0.15) is 11.8 Å². The van der Waals surface area contributed by atoms with Crippen molar-refractivity contribution in [2.75, 3.05) is 18.1 Å². The maximum absolute atomic E-state index is 5.70. The fraction of sp³-hybridized carbons (Fsp3) is 0.250. The van der Waals surface area contributed by atoms with E-state index in [-0.39, 0.29) is 0 Å². The monoisotopic (exact) mass is 273 g/mol. The average Bonchev–Trinajstić information content (AvgIpc) is 2.41. The second-order valence-electron chi connectivity index (χ2n) is 4.46. The van der Waals surface area contributed by atoms with E-state index >= 15 is 0 Å². The Kier molecular flexibility index (Phi) is 5.16. The van der Waals surface area contributed by atoms with E-state index in [9.17, 15) is 0 Å². The van der Waals surface area contributed by atoms with E-state index in [0.29, 0.717) is 0 Å². The third kappa shape index (κ3) is 4.87. The molecule has 100 valence electrons. The van der Waals surface area contributed by atoms with Crippen molar-refractivity contribution in [2.24, 2.45) is 0 Å². The molecule has 0 amide bonds. The topological polar surface area (TPSA) is 35.2 Å². The van der Waals surface area contributed by atoms with Gasteiger partial charge in [0.15, 0.2) is 0 Å². The quantitative estimate of drug-likeness (QED) is 0.640. The van der Waals surface area contributed by atoms with E-state index in [0.717, 1.165) is 29.5 Å². The molecule has 2 nitrogen and oxygen atoms in total. The largest absolute Gasteiger partial charge is 0.493 e. The number of hydrogen-bond donors (Lipinski definition) is 1. The number of nitrogen functional groups attached to an aromatic ring is 1. The highest BCUT2D eigenvalue weighted by Crippen LogP contribution is 2.15. The van der Waals surface area contributed by atoms with Crippen LogP contribution in [0.1, 0.15) is 11.1 Å². The predicted octanol–water partition coefficient (Wildman–Crippen LogP) is 3.89. The van der Waals surface area contributed by atoms with Gasteiger partial charge in [0.2, 0.25) is 0 Å². The fourth-order valence-corrected chi connectivity index (χ4v) is 2.50. The van der Waals surface area contributed by atoms with Crippen molar-refractivity contribution in [3.8, 4) is 5.75 Å². The zero-order valence-electron chi connectivity index (χ0n) is 11.1. The van der Waals surface area contributed by atoms with Gasteiger partial charge in [0.1, 0.15) is 5.75 Å². The first-order chi connectivity index (χ1) is 9.24. The number of benzene rings is 2. The van der Waals surface area contributed by atoms with Crippen molar-refractivity contribution in [3.63, 3.8) is 0 Å². The molecule has 0 heterocycles. The Labute approximate surface area is 119 Å². The first-order valence-corrected chi connectivity index (χ1v) is 7.51. The standard InChI is InChI=1S/C16H19NOS/c1-13-3-2-4-16(11-13)18-9-10-19-12-14-5-7-15(17)8-6-14/h2-8,11H,9-10,12,17H2,1H3. The van der Waals surface area contributed by atoms with E-state index in [4.69, 9.17) is 10.5 Å². The molecule has 2 rings (SSSR count). The molecule has 2 N–H and O–H groups in total. The summed E-state index contributed by atoms with van der Waals surface area (Å²) in [4.78, 5) is 0. The van der Waals surface area contributed by atoms with Crippen LogP contribution in [0.2, 0.25) is 0 Å². The number of rotatable bonds is 6. The summed E-state index contributed by atoms with van der Waals surface area (Å²) < 4.78 is 5.70. The second kappa shape index (κ2) is 7.10. The van der Waals surface area contributed by atoms with Crippen molar-refractivity contribution in [1.29, 1.82) is 0 Å². The van der Waals surface area contributed by atoms with Crippen molar-refractivity contribution < 1.29 is 4.74 Å². The summed E-state index contributed by atoms with van der Waals surface area (Å²) in [7, 11) is 0. The first kappa shape index (κ1) is 13.8. The molecule has 0 aliphatic heterocycles. The zero-order chi connectivity index (χ0) is 13.5. The number of ether oxygens (including phenoxy) is 1. The van der Waals surface area contributed by atoms with Crippen LogP contribution in [0.3, 0.4) is 0 Å². The average molecular weight is 273 g/mol. The number of nitrogens with two attached hydrogens (primary N) is 1. The molecular weight excluding hydrogens is 254 g/mol. The van der Waals surface area contributed by atoms with Gasteiger partial charge in [0, 0.05) is 17.2 Å². The van der Waals surface area contributed by atoms with Crippen LogP contribution in [-0.4, -0.2) is 12.4 Å². The van der Waals surface area contributed by atoms with Crippen LogP contribution in [0.4, 0.5) is 5.69 Å². The van der Waals surface area contributed by atoms with Crippen molar-refractivity contribution in [2.45, 2.75) is 12.7 Å². The van der Waals surface area contributed by atoms with Gasteiger partial charge in [0.05, 0.1) is 6.61 Å². The Morgan fingerprint density at radius 3 is 2.63 bits per heavy atom. The van der Waals surface area contributed by atoms with Gasteiger partial charge in [-0.05, 0) is 42.3 Å². The summed E-state index contributed by atoms with van der Waals surface area (Å²) in [6, 6.07) is 16.2. The highest BCUT2D eigenvalue weighted by atomic mass is 32.2. The molecule has 3 heteroatoms. The fourth-order valence-electron chi connectivity index (χ4n) is 1.73. The van der Waals surface area contributed by atoms with Gasteiger partial charge in [0.25, 0.3) is 0 Å². The highest BCUT2D eigenvalue weighted by Gasteiger charge is 1.96. The van der Waals surface area contributed by atoms with Gasteiger partial charge in [-0.3, -0.25) is 0 Å². The van der Waals surface area contributed by atoms with Crippen molar-refractivity contribution in [3.05, 3.63) is 59.7 Å². The van der Waals surface area contributed by atoms with Gasteiger partial charge in [-0.15, -0.1) is 0 Å². The van der Waals surface area contributed by atoms with Crippen molar-refractivity contribution >= 4 is 17.4 Å². The van der Waals surface area contributed by atoms with Crippen LogP contribution in [0.15, 0.2) is 48.5 Å². The second-order valence-corrected chi connectivity index (χ2v) is 5.56. The molecule has 0 saturated carbocycles. The number of hydrogen-bond acceptors (Lipinski definition) is 3. The molecule has 0 unspecified atom stereocenters. The number of anilines is 1. The van der Waals surface area contributed by atoms with Gasteiger partial charge in [-0.25, -0.2) is 0 Å². The molecule has 2 aromatic rings. The molecule has 0 aromatic heterocycles. The Morgan fingerprint density at radius 2 is 1.89 bits per heavy atom. The summed E-state index contributed by atoms with van der Waals surface area (Å²) in [6.07, 6.45) is 0. The predicted molar refractivity (Wildman–Crippen MR) is 83.7 cm³/mol.